The quantitative estimate of drug-likeness (QED) is 0.758. The molecule has 0 aliphatic heterocycles. The molecule has 3 rings (SSSR count). The first-order valence-corrected chi connectivity index (χ1v) is 8.83. The summed E-state index contributed by atoms with van der Waals surface area (Å²) in [7, 11) is -0.755. The summed E-state index contributed by atoms with van der Waals surface area (Å²) in [5, 5.41) is 0. The van der Waals surface area contributed by atoms with Gasteiger partial charge in [0.05, 0.1) is 12.0 Å². The molecule has 0 spiro atoms. The lowest BCUT2D eigenvalue weighted by molar-refractivity contribution is 0.385. The van der Waals surface area contributed by atoms with E-state index in [0.717, 1.165) is 17.7 Å². The van der Waals surface area contributed by atoms with Gasteiger partial charge in [-0.2, -0.15) is 0 Å². The van der Waals surface area contributed by atoms with Gasteiger partial charge in [0.1, 0.15) is 5.82 Å². The molecule has 0 saturated carbocycles. The van der Waals surface area contributed by atoms with Gasteiger partial charge in [0.15, 0.2) is 11.6 Å². The smallest absolute Gasteiger partial charge is 0.262 e. The van der Waals surface area contributed by atoms with Crippen LogP contribution in [0.4, 0.5) is 10.1 Å². The van der Waals surface area contributed by atoms with Crippen molar-refractivity contribution in [3.05, 3.63) is 60.7 Å². The van der Waals surface area contributed by atoms with Crippen molar-refractivity contribution >= 4 is 15.7 Å². The summed E-state index contributed by atoms with van der Waals surface area (Å²) >= 11 is 0. The van der Waals surface area contributed by atoms with Gasteiger partial charge in [0.25, 0.3) is 10.0 Å². The third-order valence-corrected chi connectivity index (χ3v) is 5.01. The zero-order chi connectivity index (χ0) is 18.0. The van der Waals surface area contributed by atoms with Crippen LogP contribution in [0.3, 0.4) is 0 Å². The van der Waals surface area contributed by atoms with Gasteiger partial charge in [0.2, 0.25) is 0 Å². The van der Waals surface area contributed by atoms with E-state index >= 15 is 0 Å². The highest BCUT2D eigenvalue weighted by atomic mass is 32.2. The second kappa shape index (κ2) is 6.56. The summed E-state index contributed by atoms with van der Waals surface area (Å²) in [6.07, 6.45) is 3.47. The lowest BCUT2D eigenvalue weighted by Crippen LogP contribution is -2.13. The van der Waals surface area contributed by atoms with Crippen LogP contribution in [-0.2, 0) is 17.1 Å². The normalized spacial score (nSPS) is 11.3. The van der Waals surface area contributed by atoms with Gasteiger partial charge >= 0.3 is 0 Å². The molecule has 1 aromatic heterocycles. The Morgan fingerprint density at radius 3 is 2.68 bits per heavy atom. The standard InChI is InChI=1S/C17H16FN3O3S/c1-21-9-8-19-17(21)12-4-3-5-13(10-12)20-25(22,23)14-6-7-15(18)16(11-14)24-2/h3-11,20H,1-2H3. The van der Waals surface area contributed by atoms with Crippen LogP contribution in [0.5, 0.6) is 5.75 Å². The number of methoxy groups -OCH3 is 1. The van der Waals surface area contributed by atoms with E-state index in [0.29, 0.717) is 11.5 Å². The van der Waals surface area contributed by atoms with Gasteiger partial charge < -0.3 is 9.30 Å². The summed E-state index contributed by atoms with van der Waals surface area (Å²) in [6.45, 7) is 0. The highest BCUT2D eigenvalue weighted by Gasteiger charge is 2.17. The predicted molar refractivity (Wildman–Crippen MR) is 92.4 cm³/mol. The third kappa shape index (κ3) is 3.48. The van der Waals surface area contributed by atoms with Gasteiger partial charge in [-0.15, -0.1) is 0 Å². The van der Waals surface area contributed by atoms with Crippen molar-refractivity contribution in [3.8, 4) is 17.1 Å². The van der Waals surface area contributed by atoms with Crippen molar-refractivity contribution in [2.24, 2.45) is 7.05 Å². The number of rotatable bonds is 5. The minimum atomic E-state index is -3.88. The molecule has 1 heterocycles. The second-order valence-corrected chi connectivity index (χ2v) is 7.03. The van der Waals surface area contributed by atoms with E-state index in [9.17, 15) is 12.8 Å². The van der Waals surface area contributed by atoms with Crippen LogP contribution in [-0.4, -0.2) is 25.1 Å². The molecular formula is C17H16FN3O3S. The first-order chi connectivity index (χ1) is 11.9. The van der Waals surface area contributed by atoms with E-state index in [1.807, 2.05) is 17.7 Å². The summed E-state index contributed by atoms with van der Waals surface area (Å²) in [5.74, 6) is -0.0487. The van der Waals surface area contributed by atoms with Crippen molar-refractivity contribution in [2.45, 2.75) is 4.90 Å². The van der Waals surface area contributed by atoms with Crippen LogP contribution in [0.15, 0.2) is 59.8 Å². The number of hydrogen-bond acceptors (Lipinski definition) is 4. The molecule has 0 aliphatic carbocycles. The lowest BCUT2D eigenvalue weighted by atomic mass is 10.2. The van der Waals surface area contributed by atoms with Gasteiger partial charge in [0, 0.05) is 36.8 Å². The highest BCUT2D eigenvalue weighted by molar-refractivity contribution is 7.92. The largest absolute Gasteiger partial charge is 0.494 e. The average Bonchev–Trinajstić information content (AvgIpc) is 3.01. The minimum absolute atomic E-state index is 0.0897. The Kier molecular flexibility index (Phi) is 4.45. The summed E-state index contributed by atoms with van der Waals surface area (Å²) in [5.41, 5.74) is 1.15. The Morgan fingerprint density at radius 2 is 2.00 bits per heavy atom. The van der Waals surface area contributed by atoms with E-state index in [2.05, 4.69) is 9.71 Å². The molecule has 1 N–H and O–H groups in total. The van der Waals surface area contributed by atoms with Crippen molar-refractivity contribution in [2.75, 3.05) is 11.8 Å². The Morgan fingerprint density at radius 1 is 1.20 bits per heavy atom. The fraction of sp³-hybridized carbons (Fsp3) is 0.118. The Hall–Kier alpha value is -2.87. The molecule has 0 fully saturated rings. The van der Waals surface area contributed by atoms with Gasteiger partial charge in [-0.3, -0.25) is 4.72 Å². The molecule has 0 bridgehead atoms. The molecule has 25 heavy (non-hydrogen) atoms. The monoisotopic (exact) mass is 361 g/mol. The van der Waals surface area contributed by atoms with Crippen LogP contribution in [0.1, 0.15) is 0 Å². The van der Waals surface area contributed by atoms with Crippen LogP contribution < -0.4 is 9.46 Å². The number of benzene rings is 2. The van der Waals surface area contributed by atoms with Gasteiger partial charge in [-0.05, 0) is 24.3 Å². The number of ether oxygens (including phenoxy) is 1. The first kappa shape index (κ1) is 17.0. The van der Waals surface area contributed by atoms with Crippen molar-refractivity contribution in [1.29, 1.82) is 0 Å². The van der Waals surface area contributed by atoms with Crippen LogP contribution >= 0.6 is 0 Å². The van der Waals surface area contributed by atoms with E-state index in [1.54, 1.807) is 30.6 Å². The van der Waals surface area contributed by atoms with E-state index in [1.165, 1.54) is 13.2 Å². The fourth-order valence-corrected chi connectivity index (χ4v) is 3.45. The molecule has 8 heteroatoms. The lowest BCUT2D eigenvalue weighted by Gasteiger charge is -2.11. The number of nitrogens with zero attached hydrogens (tertiary/aromatic N) is 2. The fourth-order valence-electron chi connectivity index (χ4n) is 2.39. The Bertz CT molecular complexity index is 1020. The van der Waals surface area contributed by atoms with Crippen molar-refractivity contribution < 1.29 is 17.5 Å². The molecule has 0 saturated heterocycles. The Labute approximate surface area is 145 Å². The zero-order valence-electron chi connectivity index (χ0n) is 13.6. The SMILES string of the molecule is COc1cc(S(=O)(=O)Nc2cccc(-c3nccn3C)c2)ccc1F. The molecule has 0 atom stereocenters. The van der Waals surface area contributed by atoms with E-state index in [-0.39, 0.29) is 10.6 Å². The maximum Gasteiger partial charge on any atom is 0.262 e. The van der Waals surface area contributed by atoms with Gasteiger partial charge in [-0.1, -0.05) is 12.1 Å². The van der Waals surface area contributed by atoms with E-state index in [4.69, 9.17) is 4.74 Å². The number of aromatic nitrogens is 2. The maximum atomic E-state index is 13.5. The Balaban J connectivity index is 1.93. The van der Waals surface area contributed by atoms with Crippen molar-refractivity contribution in [1.82, 2.24) is 9.55 Å². The first-order valence-electron chi connectivity index (χ1n) is 7.35. The second-order valence-electron chi connectivity index (χ2n) is 5.34. The summed E-state index contributed by atoms with van der Waals surface area (Å²) in [4.78, 5) is 4.15. The molecule has 6 nitrogen and oxygen atoms in total. The number of hydrogen-bond donors (Lipinski definition) is 1. The zero-order valence-corrected chi connectivity index (χ0v) is 14.4. The number of nitrogens with one attached hydrogen (secondary N) is 1. The molecule has 0 radical (unpaired) electrons. The van der Waals surface area contributed by atoms with Crippen molar-refractivity contribution in [3.63, 3.8) is 0 Å². The molecule has 0 aliphatic rings. The topological polar surface area (TPSA) is 73.2 Å². The molecule has 0 amide bonds. The molecular weight excluding hydrogens is 345 g/mol. The van der Waals surface area contributed by atoms with Crippen LogP contribution in [0.25, 0.3) is 11.4 Å². The molecule has 0 unspecified atom stereocenters. The highest BCUT2D eigenvalue weighted by Crippen LogP contribution is 2.25. The number of aryl methyl sites for hydroxylation is 1. The summed E-state index contributed by atoms with van der Waals surface area (Å²) < 4.78 is 47.7. The third-order valence-electron chi connectivity index (χ3n) is 3.63. The number of imidazole rings is 1. The molecule has 3 aromatic rings. The minimum Gasteiger partial charge on any atom is -0.494 e. The maximum absolute atomic E-state index is 13.5. The van der Waals surface area contributed by atoms with Crippen LogP contribution in [0, 0.1) is 5.82 Å². The van der Waals surface area contributed by atoms with Crippen LogP contribution in [0.2, 0.25) is 0 Å². The summed E-state index contributed by atoms with van der Waals surface area (Å²) in [6, 6.07) is 10.3. The average molecular weight is 361 g/mol. The van der Waals surface area contributed by atoms with Gasteiger partial charge in [-0.25, -0.2) is 17.8 Å². The number of sulfonamides is 1. The number of halogens is 1. The van der Waals surface area contributed by atoms with E-state index < -0.39 is 15.8 Å². The molecule has 130 valence electrons. The predicted octanol–water partition coefficient (Wildman–Crippen LogP) is 3.04. The molecule has 2 aromatic carbocycles. The number of anilines is 1.